The number of ether oxygens (including phenoxy) is 1. The van der Waals surface area contributed by atoms with Gasteiger partial charge in [0.25, 0.3) is 5.69 Å². The Labute approximate surface area is 166 Å². The number of imide groups is 1. The van der Waals surface area contributed by atoms with Crippen LogP contribution in [0.4, 0.5) is 11.4 Å². The number of non-ortho nitro benzene ring substituents is 1. The fraction of sp³-hybridized carbons (Fsp3) is 0.286. The fourth-order valence-corrected chi connectivity index (χ4v) is 3.99. The third-order valence-electron chi connectivity index (χ3n) is 5.44. The summed E-state index contributed by atoms with van der Waals surface area (Å²) in [4.78, 5) is 49.0. The molecule has 148 valence electrons. The molecule has 0 spiro atoms. The number of rotatable bonds is 4. The lowest BCUT2D eigenvalue weighted by Crippen LogP contribution is -2.30. The van der Waals surface area contributed by atoms with Crippen molar-refractivity contribution in [2.24, 2.45) is 11.8 Å². The van der Waals surface area contributed by atoms with Crippen molar-refractivity contribution in [1.29, 1.82) is 0 Å². The smallest absolute Gasteiger partial charge is 0.343 e. The summed E-state index contributed by atoms with van der Waals surface area (Å²) in [5.74, 6) is -1.32. The molecule has 8 heteroatoms. The molecule has 1 aliphatic carbocycles. The van der Waals surface area contributed by atoms with Crippen LogP contribution in [0.15, 0.2) is 48.5 Å². The van der Waals surface area contributed by atoms with Crippen molar-refractivity contribution < 1.29 is 24.0 Å². The Balaban J connectivity index is 1.49. The molecule has 2 amide bonds. The summed E-state index contributed by atoms with van der Waals surface area (Å²) >= 11 is 0. The number of anilines is 1. The van der Waals surface area contributed by atoms with Crippen molar-refractivity contribution in [1.82, 2.24) is 0 Å². The number of nitro groups is 1. The van der Waals surface area contributed by atoms with Crippen LogP contribution >= 0.6 is 0 Å². The topological polar surface area (TPSA) is 107 Å². The number of carbonyl (C=O) groups excluding carboxylic acids is 3. The minimum Gasteiger partial charge on any atom is -0.423 e. The van der Waals surface area contributed by atoms with Crippen molar-refractivity contribution in [2.45, 2.75) is 25.7 Å². The van der Waals surface area contributed by atoms with E-state index in [4.69, 9.17) is 4.74 Å². The molecule has 0 N–H and O–H groups in total. The third-order valence-corrected chi connectivity index (χ3v) is 5.44. The number of benzene rings is 2. The first-order valence-electron chi connectivity index (χ1n) is 9.40. The lowest BCUT2D eigenvalue weighted by atomic mass is 9.81. The van der Waals surface area contributed by atoms with Crippen LogP contribution in [-0.2, 0) is 9.59 Å². The molecule has 1 saturated carbocycles. The first-order valence-corrected chi connectivity index (χ1v) is 9.40. The Morgan fingerprint density at radius 2 is 1.62 bits per heavy atom. The number of esters is 1. The first-order chi connectivity index (χ1) is 14.0. The van der Waals surface area contributed by atoms with E-state index in [9.17, 15) is 24.5 Å². The summed E-state index contributed by atoms with van der Waals surface area (Å²) in [6.07, 6.45) is 3.40. The molecule has 8 nitrogen and oxygen atoms in total. The van der Waals surface area contributed by atoms with Gasteiger partial charge in [0, 0.05) is 12.1 Å². The predicted molar refractivity (Wildman–Crippen MR) is 102 cm³/mol. The minimum atomic E-state index is -0.735. The standard InChI is InChI=1S/C21H18N2O6/c24-19-17-6-1-2-7-18(17)20(25)22(19)14-8-10-16(11-9-14)29-21(26)13-4-3-5-15(12-13)23(27)28/h3-5,8-12,17-18H,1-2,6-7H2/t17-,18-/m0/s1. The van der Waals surface area contributed by atoms with Gasteiger partial charge in [0.15, 0.2) is 0 Å². The van der Waals surface area contributed by atoms with Gasteiger partial charge in [-0.05, 0) is 43.2 Å². The Kier molecular flexibility index (Phi) is 4.84. The van der Waals surface area contributed by atoms with Crippen molar-refractivity contribution in [2.75, 3.05) is 4.90 Å². The second kappa shape index (κ2) is 7.46. The molecule has 0 radical (unpaired) electrons. The van der Waals surface area contributed by atoms with E-state index in [1.165, 1.54) is 35.2 Å². The second-order valence-electron chi connectivity index (χ2n) is 7.20. The van der Waals surface area contributed by atoms with Crippen LogP contribution in [-0.4, -0.2) is 22.7 Å². The maximum Gasteiger partial charge on any atom is 0.343 e. The van der Waals surface area contributed by atoms with Crippen LogP contribution in [0.25, 0.3) is 0 Å². The summed E-state index contributed by atoms with van der Waals surface area (Å²) in [7, 11) is 0. The molecule has 0 bridgehead atoms. The zero-order chi connectivity index (χ0) is 20.5. The molecule has 0 aromatic heterocycles. The number of hydrogen-bond acceptors (Lipinski definition) is 6. The van der Waals surface area contributed by atoms with Crippen LogP contribution in [0.1, 0.15) is 36.0 Å². The van der Waals surface area contributed by atoms with E-state index in [1.54, 1.807) is 12.1 Å². The highest BCUT2D eigenvalue weighted by atomic mass is 16.6. The molecular formula is C21H18N2O6. The molecule has 2 fully saturated rings. The van der Waals surface area contributed by atoms with E-state index in [2.05, 4.69) is 0 Å². The molecule has 29 heavy (non-hydrogen) atoms. The maximum absolute atomic E-state index is 12.6. The SMILES string of the molecule is O=C(Oc1ccc(N2C(=O)[C@H]3CCCC[C@@H]3C2=O)cc1)c1cccc([N+](=O)[O-])c1. The average molecular weight is 394 g/mol. The number of nitro benzene ring substituents is 1. The van der Waals surface area contributed by atoms with Gasteiger partial charge in [0.2, 0.25) is 11.8 Å². The summed E-state index contributed by atoms with van der Waals surface area (Å²) in [5, 5.41) is 10.8. The number of fused-ring (bicyclic) bond motifs is 1. The van der Waals surface area contributed by atoms with E-state index in [0.29, 0.717) is 5.69 Å². The highest BCUT2D eigenvalue weighted by Crippen LogP contribution is 2.40. The lowest BCUT2D eigenvalue weighted by Gasteiger charge is -2.19. The average Bonchev–Trinajstić information content (AvgIpc) is 2.99. The molecule has 2 aromatic rings. The van der Waals surface area contributed by atoms with Gasteiger partial charge in [0.1, 0.15) is 5.75 Å². The molecule has 0 unspecified atom stereocenters. The van der Waals surface area contributed by atoms with Crippen LogP contribution in [0.2, 0.25) is 0 Å². The molecule has 2 aliphatic rings. The summed E-state index contributed by atoms with van der Waals surface area (Å²) in [5.41, 5.74) is 0.295. The fourth-order valence-electron chi connectivity index (χ4n) is 3.99. The van der Waals surface area contributed by atoms with Gasteiger partial charge < -0.3 is 4.74 Å². The molecule has 2 aromatic carbocycles. The van der Waals surface area contributed by atoms with Crippen LogP contribution in [0, 0.1) is 22.0 Å². The Morgan fingerprint density at radius 3 is 2.21 bits per heavy atom. The van der Waals surface area contributed by atoms with Gasteiger partial charge in [-0.3, -0.25) is 24.6 Å². The second-order valence-corrected chi connectivity index (χ2v) is 7.20. The molecule has 2 atom stereocenters. The van der Waals surface area contributed by atoms with Gasteiger partial charge in [-0.25, -0.2) is 4.79 Å². The lowest BCUT2D eigenvalue weighted by molar-refractivity contribution is -0.384. The number of nitrogens with zero attached hydrogens (tertiary/aromatic N) is 2. The number of hydrogen-bond donors (Lipinski definition) is 0. The van der Waals surface area contributed by atoms with Gasteiger partial charge in [-0.15, -0.1) is 0 Å². The van der Waals surface area contributed by atoms with Crippen molar-refractivity contribution in [3.63, 3.8) is 0 Å². The van der Waals surface area contributed by atoms with E-state index in [0.717, 1.165) is 31.7 Å². The van der Waals surface area contributed by atoms with E-state index in [-0.39, 0.29) is 40.7 Å². The summed E-state index contributed by atoms with van der Waals surface area (Å²) < 4.78 is 5.25. The Bertz CT molecular complexity index is 976. The van der Waals surface area contributed by atoms with Crippen molar-refractivity contribution in [3.8, 4) is 5.75 Å². The highest BCUT2D eigenvalue weighted by Gasteiger charge is 2.48. The van der Waals surface area contributed by atoms with Gasteiger partial charge in [-0.2, -0.15) is 0 Å². The Morgan fingerprint density at radius 1 is 1.00 bits per heavy atom. The monoisotopic (exact) mass is 394 g/mol. The molecule has 1 aliphatic heterocycles. The van der Waals surface area contributed by atoms with Crippen LogP contribution in [0.5, 0.6) is 5.75 Å². The molecule has 4 rings (SSSR count). The van der Waals surface area contributed by atoms with E-state index < -0.39 is 10.9 Å². The minimum absolute atomic E-state index is 0.0530. The van der Waals surface area contributed by atoms with Crippen molar-refractivity contribution in [3.05, 3.63) is 64.2 Å². The van der Waals surface area contributed by atoms with Crippen LogP contribution < -0.4 is 9.64 Å². The normalized spacial score (nSPS) is 21.0. The van der Waals surface area contributed by atoms with E-state index >= 15 is 0 Å². The summed E-state index contributed by atoms with van der Waals surface area (Å²) in [6.45, 7) is 0. The zero-order valence-electron chi connectivity index (χ0n) is 15.4. The predicted octanol–water partition coefficient (Wildman–Crippen LogP) is 3.49. The van der Waals surface area contributed by atoms with Gasteiger partial charge in [-0.1, -0.05) is 18.9 Å². The first kappa shape index (κ1) is 18.8. The van der Waals surface area contributed by atoms with E-state index in [1.807, 2.05) is 0 Å². The molecular weight excluding hydrogens is 376 g/mol. The molecule has 1 saturated heterocycles. The van der Waals surface area contributed by atoms with Gasteiger partial charge >= 0.3 is 5.97 Å². The van der Waals surface area contributed by atoms with Crippen LogP contribution in [0.3, 0.4) is 0 Å². The summed E-state index contributed by atoms with van der Waals surface area (Å²) in [6, 6.07) is 11.4. The zero-order valence-corrected chi connectivity index (χ0v) is 15.4. The number of amides is 2. The Hall–Kier alpha value is -3.55. The quantitative estimate of drug-likeness (QED) is 0.258. The van der Waals surface area contributed by atoms with Gasteiger partial charge in [0.05, 0.1) is 28.0 Å². The largest absolute Gasteiger partial charge is 0.423 e. The van der Waals surface area contributed by atoms with Crippen molar-refractivity contribution >= 4 is 29.2 Å². The third kappa shape index (κ3) is 3.49. The number of carbonyl (C=O) groups is 3. The molecule has 1 heterocycles. The highest BCUT2D eigenvalue weighted by molar-refractivity contribution is 6.22. The maximum atomic E-state index is 12.6.